The highest BCUT2D eigenvalue weighted by atomic mass is 35.5. The highest BCUT2D eigenvalue weighted by molar-refractivity contribution is 7.89. The Hall–Kier alpha value is -2.70. The highest BCUT2D eigenvalue weighted by Crippen LogP contribution is 2.31. The fourth-order valence-electron chi connectivity index (χ4n) is 2.84. The van der Waals surface area contributed by atoms with Crippen molar-refractivity contribution in [1.82, 2.24) is 14.1 Å². The quantitative estimate of drug-likeness (QED) is 0.249. The monoisotopic (exact) mass is 414 g/mol. The topological polar surface area (TPSA) is 157 Å². The molecule has 0 unspecified atom stereocenters. The van der Waals surface area contributed by atoms with Gasteiger partial charge in [-0.25, -0.2) is 8.42 Å². The lowest BCUT2D eigenvalue weighted by Crippen LogP contribution is -2.31. The van der Waals surface area contributed by atoms with Crippen molar-refractivity contribution in [2.75, 3.05) is 6.54 Å². The molecule has 11 nitrogen and oxygen atoms in total. The van der Waals surface area contributed by atoms with Crippen LogP contribution in [0, 0.1) is 10.1 Å². The van der Waals surface area contributed by atoms with Crippen LogP contribution in [-0.2, 0) is 23.1 Å². The van der Waals surface area contributed by atoms with E-state index in [4.69, 9.17) is 22.5 Å². The standard InChI is InChI=1S/C14H15ClN6O5S/c15-12-10-8-19(6-3-7-20(10)17-13(12)14(16)18-22)27(25,26)11-5-2-1-4-9(11)21(23)24/h1-2,4-5,22H,3,6-8H2,(H2,16,18). The zero-order chi connectivity index (χ0) is 19.8. The van der Waals surface area contributed by atoms with Gasteiger partial charge in [-0.2, -0.15) is 9.40 Å². The van der Waals surface area contributed by atoms with E-state index in [0.29, 0.717) is 18.7 Å². The number of aryl methyl sites for hydroxylation is 1. The van der Waals surface area contributed by atoms with Crippen LogP contribution < -0.4 is 5.73 Å². The summed E-state index contributed by atoms with van der Waals surface area (Å²) in [6.07, 6.45) is 0.403. The first-order valence-corrected chi connectivity index (χ1v) is 9.55. The number of para-hydroxylation sites is 1. The summed E-state index contributed by atoms with van der Waals surface area (Å²) in [5.41, 5.74) is 5.44. The predicted molar refractivity (Wildman–Crippen MR) is 95.1 cm³/mol. The van der Waals surface area contributed by atoms with E-state index in [-0.39, 0.29) is 29.6 Å². The second-order valence-corrected chi connectivity index (χ2v) is 8.02. The predicted octanol–water partition coefficient (Wildman–Crippen LogP) is 1.13. The minimum Gasteiger partial charge on any atom is -0.409 e. The lowest BCUT2D eigenvalue weighted by atomic mass is 10.3. The minimum absolute atomic E-state index is 0.0408. The Morgan fingerprint density at radius 1 is 1.37 bits per heavy atom. The van der Waals surface area contributed by atoms with E-state index in [9.17, 15) is 18.5 Å². The van der Waals surface area contributed by atoms with Gasteiger partial charge in [-0.05, 0) is 12.5 Å². The van der Waals surface area contributed by atoms with Crippen molar-refractivity contribution < 1.29 is 18.5 Å². The summed E-state index contributed by atoms with van der Waals surface area (Å²) in [4.78, 5) is 10.1. The molecule has 0 saturated carbocycles. The van der Waals surface area contributed by atoms with Crippen molar-refractivity contribution in [3.8, 4) is 0 Å². The molecule has 27 heavy (non-hydrogen) atoms. The van der Waals surface area contributed by atoms with Crippen molar-refractivity contribution >= 4 is 33.1 Å². The van der Waals surface area contributed by atoms with Crippen LogP contribution in [0.4, 0.5) is 5.69 Å². The fraction of sp³-hybridized carbons (Fsp3) is 0.286. The van der Waals surface area contributed by atoms with Gasteiger partial charge in [-0.3, -0.25) is 14.8 Å². The van der Waals surface area contributed by atoms with Gasteiger partial charge in [0.2, 0.25) is 10.0 Å². The zero-order valence-electron chi connectivity index (χ0n) is 13.8. The molecule has 13 heteroatoms. The number of rotatable bonds is 4. The molecule has 0 saturated heterocycles. The Labute approximate surface area is 158 Å². The minimum atomic E-state index is -4.16. The number of hydrogen-bond donors (Lipinski definition) is 2. The molecule has 2 heterocycles. The number of halogens is 1. The number of sulfonamides is 1. The molecule has 1 aromatic carbocycles. The summed E-state index contributed by atoms with van der Waals surface area (Å²) in [5.74, 6) is -0.298. The number of aromatic nitrogens is 2. The van der Waals surface area contributed by atoms with Gasteiger partial charge in [0, 0.05) is 19.2 Å². The van der Waals surface area contributed by atoms with Crippen LogP contribution >= 0.6 is 11.6 Å². The van der Waals surface area contributed by atoms with Gasteiger partial charge in [-0.15, -0.1) is 0 Å². The fourth-order valence-corrected chi connectivity index (χ4v) is 4.72. The van der Waals surface area contributed by atoms with Crippen LogP contribution in [0.25, 0.3) is 0 Å². The van der Waals surface area contributed by atoms with Gasteiger partial charge in [0.1, 0.15) is 5.69 Å². The van der Waals surface area contributed by atoms with Gasteiger partial charge in [0.15, 0.2) is 10.7 Å². The maximum atomic E-state index is 13.0. The van der Waals surface area contributed by atoms with Crippen LogP contribution in [0.1, 0.15) is 17.8 Å². The normalized spacial score (nSPS) is 16.0. The molecule has 144 valence electrons. The summed E-state index contributed by atoms with van der Waals surface area (Å²) in [6, 6.07) is 5.15. The molecule has 0 fully saturated rings. The van der Waals surface area contributed by atoms with Crippen LogP contribution in [0.15, 0.2) is 34.3 Å². The molecule has 3 rings (SSSR count). The molecule has 1 aliphatic heterocycles. The molecule has 0 bridgehead atoms. The number of benzene rings is 1. The van der Waals surface area contributed by atoms with Gasteiger partial charge in [-0.1, -0.05) is 28.9 Å². The molecular weight excluding hydrogens is 400 g/mol. The van der Waals surface area contributed by atoms with Crippen molar-refractivity contribution in [1.29, 1.82) is 0 Å². The van der Waals surface area contributed by atoms with E-state index in [1.54, 1.807) is 0 Å². The number of nitro benzene ring substituents is 1. The zero-order valence-corrected chi connectivity index (χ0v) is 15.4. The molecule has 2 aromatic rings. The Kier molecular flexibility index (Phi) is 5.04. The second-order valence-electron chi connectivity index (χ2n) is 5.73. The van der Waals surface area contributed by atoms with E-state index < -0.39 is 25.5 Å². The van der Waals surface area contributed by atoms with Crippen molar-refractivity contribution in [2.24, 2.45) is 10.9 Å². The second kappa shape index (κ2) is 7.13. The van der Waals surface area contributed by atoms with Crippen LogP contribution in [0.3, 0.4) is 0 Å². The van der Waals surface area contributed by atoms with E-state index in [2.05, 4.69) is 10.3 Å². The van der Waals surface area contributed by atoms with Crippen LogP contribution in [0.5, 0.6) is 0 Å². The Morgan fingerprint density at radius 3 is 2.74 bits per heavy atom. The van der Waals surface area contributed by atoms with Gasteiger partial charge >= 0.3 is 0 Å². The number of nitrogens with two attached hydrogens (primary N) is 1. The van der Waals surface area contributed by atoms with Crippen molar-refractivity contribution in [2.45, 2.75) is 24.4 Å². The number of hydrogen-bond acceptors (Lipinski definition) is 7. The number of fused-ring (bicyclic) bond motifs is 1. The molecule has 0 spiro atoms. The van der Waals surface area contributed by atoms with Crippen molar-refractivity contribution in [3.63, 3.8) is 0 Å². The number of amidine groups is 1. The molecule has 1 aromatic heterocycles. The summed E-state index contributed by atoms with van der Waals surface area (Å²) >= 11 is 6.25. The van der Waals surface area contributed by atoms with Crippen LogP contribution in [0.2, 0.25) is 5.02 Å². The molecule has 0 amide bonds. The number of nitrogens with zero attached hydrogens (tertiary/aromatic N) is 5. The largest absolute Gasteiger partial charge is 0.409 e. The van der Waals surface area contributed by atoms with E-state index in [1.807, 2.05) is 0 Å². The number of nitro groups is 1. The molecule has 0 aliphatic carbocycles. The average molecular weight is 415 g/mol. The van der Waals surface area contributed by atoms with E-state index >= 15 is 0 Å². The molecule has 0 radical (unpaired) electrons. The van der Waals surface area contributed by atoms with Gasteiger partial charge in [0.25, 0.3) is 5.69 Å². The van der Waals surface area contributed by atoms with E-state index in [0.717, 1.165) is 10.4 Å². The highest BCUT2D eigenvalue weighted by Gasteiger charge is 2.34. The third kappa shape index (κ3) is 3.34. The Morgan fingerprint density at radius 2 is 2.07 bits per heavy atom. The Balaban J connectivity index is 2.05. The Bertz CT molecular complexity index is 1030. The maximum absolute atomic E-state index is 13.0. The third-order valence-corrected chi connectivity index (χ3v) is 6.42. The van der Waals surface area contributed by atoms with Crippen LogP contribution in [-0.4, -0.2) is 45.0 Å². The smallest absolute Gasteiger partial charge is 0.289 e. The SMILES string of the molecule is NC(=NO)c1nn2c(c1Cl)CN(S(=O)(=O)c1ccccc1[N+](=O)[O-])CCC2. The van der Waals surface area contributed by atoms with Crippen molar-refractivity contribution in [3.05, 3.63) is 50.8 Å². The van der Waals surface area contributed by atoms with Gasteiger partial charge < -0.3 is 10.9 Å². The lowest BCUT2D eigenvalue weighted by Gasteiger charge is -2.19. The summed E-state index contributed by atoms with van der Waals surface area (Å²) in [7, 11) is -4.16. The maximum Gasteiger partial charge on any atom is 0.289 e. The summed E-state index contributed by atoms with van der Waals surface area (Å²) in [6.45, 7) is 0.336. The molecule has 1 aliphatic rings. The summed E-state index contributed by atoms with van der Waals surface area (Å²) in [5, 5.41) is 27.1. The average Bonchev–Trinajstić information content (AvgIpc) is 2.83. The third-order valence-electron chi connectivity index (χ3n) is 4.13. The molecule has 0 atom stereocenters. The molecular formula is C14H15ClN6O5S. The lowest BCUT2D eigenvalue weighted by molar-refractivity contribution is -0.387. The van der Waals surface area contributed by atoms with Gasteiger partial charge in [0.05, 0.1) is 22.2 Å². The first kappa shape index (κ1) is 19.1. The first-order valence-electron chi connectivity index (χ1n) is 7.74. The van der Waals surface area contributed by atoms with E-state index in [1.165, 1.54) is 22.9 Å². The molecule has 3 N–H and O–H groups in total. The summed E-state index contributed by atoms with van der Waals surface area (Å²) < 4.78 is 28.7. The number of oxime groups is 1. The first-order chi connectivity index (χ1) is 12.8.